The lowest BCUT2D eigenvalue weighted by Gasteiger charge is -2.17. The van der Waals surface area contributed by atoms with E-state index < -0.39 is 26.6 Å². The van der Waals surface area contributed by atoms with Crippen LogP contribution in [-0.2, 0) is 14.8 Å². The molecule has 0 aliphatic rings. The van der Waals surface area contributed by atoms with Crippen LogP contribution in [0.25, 0.3) is 10.8 Å². The number of carbonyl (C=O) groups is 1. The van der Waals surface area contributed by atoms with Crippen LogP contribution >= 0.6 is 0 Å². The van der Waals surface area contributed by atoms with Crippen molar-refractivity contribution in [3.63, 3.8) is 0 Å². The van der Waals surface area contributed by atoms with Crippen LogP contribution in [0.15, 0.2) is 65.6 Å². The summed E-state index contributed by atoms with van der Waals surface area (Å²) in [5, 5.41) is 4.94. The van der Waals surface area contributed by atoms with Crippen LogP contribution in [0.2, 0.25) is 0 Å². The molecule has 8 heteroatoms. The molecule has 29 heavy (non-hydrogen) atoms. The van der Waals surface area contributed by atoms with Crippen molar-refractivity contribution in [2.24, 2.45) is 0 Å². The van der Waals surface area contributed by atoms with Gasteiger partial charge in [0.2, 0.25) is 15.9 Å². The number of sulfonamides is 1. The van der Waals surface area contributed by atoms with Gasteiger partial charge in [0.05, 0.1) is 10.9 Å². The fourth-order valence-corrected chi connectivity index (χ4v) is 4.09. The second kappa shape index (κ2) is 8.67. The van der Waals surface area contributed by atoms with E-state index in [9.17, 15) is 22.0 Å². The smallest absolute Gasteiger partial charge is 0.240 e. The zero-order valence-corrected chi connectivity index (χ0v) is 16.5. The largest absolute Gasteiger partial charge is 0.350 e. The van der Waals surface area contributed by atoms with Gasteiger partial charge in [-0.2, -0.15) is 0 Å². The summed E-state index contributed by atoms with van der Waals surface area (Å²) < 4.78 is 52.7. The zero-order chi connectivity index (χ0) is 21.0. The standard InChI is InChI=1S/C21H20F2N2O3S/c1-14(17-8-4-6-15-5-2-3-7-18(15)17)25-21(26)11-12-24-29(27,28)16-9-10-19(22)20(23)13-16/h2-10,13-14,24H,11-12H2,1H3,(H,25,26). The molecule has 0 spiro atoms. The number of fused-ring (bicyclic) bond motifs is 1. The van der Waals surface area contributed by atoms with E-state index in [0.29, 0.717) is 6.07 Å². The van der Waals surface area contributed by atoms with Gasteiger partial charge < -0.3 is 5.32 Å². The number of hydrogen-bond acceptors (Lipinski definition) is 3. The van der Waals surface area contributed by atoms with Crippen molar-refractivity contribution in [1.82, 2.24) is 10.0 Å². The van der Waals surface area contributed by atoms with Crippen molar-refractivity contribution >= 4 is 26.7 Å². The van der Waals surface area contributed by atoms with E-state index in [4.69, 9.17) is 0 Å². The highest BCUT2D eigenvalue weighted by molar-refractivity contribution is 7.89. The summed E-state index contributed by atoms with van der Waals surface area (Å²) in [4.78, 5) is 11.8. The van der Waals surface area contributed by atoms with Crippen LogP contribution in [0, 0.1) is 11.6 Å². The molecule has 0 saturated heterocycles. The maximum atomic E-state index is 13.2. The third-order valence-electron chi connectivity index (χ3n) is 4.51. The molecule has 0 radical (unpaired) electrons. The normalized spacial score (nSPS) is 12.7. The van der Waals surface area contributed by atoms with Crippen molar-refractivity contribution in [3.05, 3.63) is 77.9 Å². The number of benzene rings is 3. The number of hydrogen-bond donors (Lipinski definition) is 2. The van der Waals surface area contributed by atoms with Crippen LogP contribution < -0.4 is 10.0 Å². The lowest BCUT2D eigenvalue weighted by Crippen LogP contribution is -2.32. The minimum atomic E-state index is -4.04. The molecule has 3 aromatic carbocycles. The molecule has 0 bridgehead atoms. The van der Waals surface area contributed by atoms with Gasteiger partial charge in [-0.3, -0.25) is 4.79 Å². The Hall–Kier alpha value is -2.84. The topological polar surface area (TPSA) is 75.3 Å². The summed E-state index contributed by atoms with van der Waals surface area (Å²) in [6, 6.07) is 15.7. The summed E-state index contributed by atoms with van der Waals surface area (Å²) >= 11 is 0. The van der Waals surface area contributed by atoms with Gasteiger partial charge in [0, 0.05) is 13.0 Å². The van der Waals surface area contributed by atoms with Crippen LogP contribution in [0.4, 0.5) is 8.78 Å². The minimum Gasteiger partial charge on any atom is -0.350 e. The molecule has 0 aliphatic heterocycles. The predicted octanol–water partition coefficient (Wildman–Crippen LogP) is 3.66. The molecule has 0 saturated carbocycles. The maximum Gasteiger partial charge on any atom is 0.240 e. The highest BCUT2D eigenvalue weighted by Gasteiger charge is 2.17. The Kier molecular flexibility index (Phi) is 6.24. The third kappa shape index (κ3) is 4.96. The second-order valence-corrected chi connectivity index (χ2v) is 8.35. The summed E-state index contributed by atoms with van der Waals surface area (Å²) in [6.45, 7) is 1.68. The lowest BCUT2D eigenvalue weighted by atomic mass is 9.99. The van der Waals surface area contributed by atoms with Gasteiger partial charge >= 0.3 is 0 Å². The number of nitrogens with one attached hydrogen (secondary N) is 2. The van der Waals surface area contributed by atoms with Gasteiger partial charge in [-0.05, 0) is 41.5 Å². The van der Waals surface area contributed by atoms with Crippen molar-refractivity contribution in [3.8, 4) is 0 Å². The molecule has 2 N–H and O–H groups in total. The molecule has 0 fully saturated rings. The number of amides is 1. The molecule has 3 rings (SSSR count). The third-order valence-corrected chi connectivity index (χ3v) is 5.97. The molecule has 1 unspecified atom stereocenters. The molecule has 5 nitrogen and oxygen atoms in total. The molecule has 3 aromatic rings. The van der Waals surface area contributed by atoms with Crippen LogP contribution in [0.5, 0.6) is 0 Å². The summed E-state index contributed by atoms with van der Waals surface area (Å²) in [6.07, 6.45) is -0.0992. The maximum absolute atomic E-state index is 13.2. The van der Waals surface area contributed by atoms with E-state index in [1.807, 2.05) is 49.4 Å². The highest BCUT2D eigenvalue weighted by Crippen LogP contribution is 2.24. The van der Waals surface area contributed by atoms with E-state index in [2.05, 4.69) is 10.0 Å². The Morgan fingerprint density at radius 2 is 1.72 bits per heavy atom. The van der Waals surface area contributed by atoms with E-state index in [0.717, 1.165) is 28.5 Å². The number of carbonyl (C=O) groups excluding carboxylic acids is 1. The summed E-state index contributed by atoms with van der Waals surface area (Å²) in [5.74, 6) is -2.72. The minimum absolute atomic E-state index is 0.0992. The van der Waals surface area contributed by atoms with Crippen LogP contribution in [0.3, 0.4) is 0 Å². The fourth-order valence-electron chi connectivity index (χ4n) is 3.05. The lowest BCUT2D eigenvalue weighted by molar-refractivity contribution is -0.121. The average Bonchev–Trinajstić information content (AvgIpc) is 2.69. The predicted molar refractivity (Wildman–Crippen MR) is 107 cm³/mol. The molecule has 1 atom stereocenters. The molecular formula is C21H20F2N2O3S. The second-order valence-electron chi connectivity index (χ2n) is 6.58. The first-order chi connectivity index (χ1) is 13.8. The van der Waals surface area contributed by atoms with Crippen molar-refractivity contribution in [2.45, 2.75) is 24.3 Å². The Morgan fingerprint density at radius 3 is 2.48 bits per heavy atom. The molecule has 0 heterocycles. The summed E-state index contributed by atoms with van der Waals surface area (Å²) in [7, 11) is -4.04. The molecule has 0 aromatic heterocycles. The molecule has 152 valence electrons. The Morgan fingerprint density at radius 1 is 1.00 bits per heavy atom. The average molecular weight is 418 g/mol. The van der Waals surface area contributed by atoms with Gasteiger partial charge in [0.1, 0.15) is 0 Å². The Balaban J connectivity index is 1.59. The van der Waals surface area contributed by atoms with E-state index >= 15 is 0 Å². The van der Waals surface area contributed by atoms with Gasteiger partial charge in [-0.25, -0.2) is 21.9 Å². The van der Waals surface area contributed by atoms with Crippen molar-refractivity contribution < 1.29 is 22.0 Å². The Bertz CT molecular complexity index is 1140. The van der Waals surface area contributed by atoms with Gasteiger partial charge in [-0.15, -0.1) is 0 Å². The van der Waals surface area contributed by atoms with Crippen molar-refractivity contribution in [2.75, 3.05) is 6.54 Å². The molecular weight excluding hydrogens is 398 g/mol. The van der Waals surface area contributed by atoms with E-state index in [1.165, 1.54) is 0 Å². The fraction of sp³-hybridized carbons (Fsp3) is 0.190. The summed E-state index contributed by atoms with van der Waals surface area (Å²) in [5.41, 5.74) is 0.957. The van der Waals surface area contributed by atoms with Gasteiger partial charge in [0.25, 0.3) is 0 Å². The highest BCUT2D eigenvalue weighted by atomic mass is 32.2. The zero-order valence-electron chi connectivity index (χ0n) is 15.7. The first kappa shape index (κ1) is 20.9. The molecule has 1 amide bonds. The number of halogens is 2. The van der Waals surface area contributed by atoms with E-state index in [-0.39, 0.29) is 24.9 Å². The van der Waals surface area contributed by atoms with E-state index in [1.54, 1.807) is 0 Å². The quantitative estimate of drug-likeness (QED) is 0.615. The molecule has 0 aliphatic carbocycles. The van der Waals surface area contributed by atoms with Gasteiger partial charge in [0.15, 0.2) is 11.6 Å². The number of rotatable bonds is 7. The van der Waals surface area contributed by atoms with Gasteiger partial charge in [-0.1, -0.05) is 42.5 Å². The van der Waals surface area contributed by atoms with Crippen molar-refractivity contribution in [1.29, 1.82) is 0 Å². The monoisotopic (exact) mass is 418 g/mol. The van der Waals surface area contributed by atoms with Crippen LogP contribution in [-0.4, -0.2) is 20.9 Å². The van der Waals surface area contributed by atoms with Crippen LogP contribution in [0.1, 0.15) is 24.9 Å². The SMILES string of the molecule is CC(NC(=O)CCNS(=O)(=O)c1ccc(F)c(F)c1)c1cccc2ccccc12. The first-order valence-corrected chi connectivity index (χ1v) is 10.5. The first-order valence-electron chi connectivity index (χ1n) is 8.99. The Labute approximate surface area is 167 Å².